The highest BCUT2D eigenvalue weighted by atomic mass is 16.4. The summed E-state index contributed by atoms with van der Waals surface area (Å²) in [5, 5.41) is 11.2. The molecule has 96 valence electrons. The molecular weight excluding hydrogens is 230 g/mol. The fourth-order valence-electron chi connectivity index (χ4n) is 1.46. The van der Waals surface area contributed by atoms with Gasteiger partial charge in [-0.2, -0.15) is 0 Å². The molecule has 0 bridgehead atoms. The molecule has 1 aromatic carbocycles. The van der Waals surface area contributed by atoms with Gasteiger partial charge in [0.2, 0.25) is 5.91 Å². The van der Waals surface area contributed by atoms with Gasteiger partial charge in [0.05, 0.1) is 0 Å². The second kappa shape index (κ2) is 7.27. The number of carbonyl (C=O) groups is 2. The van der Waals surface area contributed by atoms with Crippen molar-refractivity contribution in [2.45, 2.75) is 25.8 Å². The van der Waals surface area contributed by atoms with Crippen LogP contribution in [0.3, 0.4) is 0 Å². The summed E-state index contributed by atoms with van der Waals surface area (Å²) in [5.41, 5.74) is 2.04. The Morgan fingerprint density at radius 1 is 1.22 bits per heavy atom. The van der Waals surface area contributed by atoms with Gasteiger partial charge >= 0.3 is 5.97 Å². The molecule has 0 aliphatic carbocycles. The zero-order valence-corrected chi connectivity index (χ0v) is 10.2. The van der Waals surface area contributed by atoms with Gasteiger partial charge in [-0.25, -0.2) is 0 Å². The average Bonchev–Trinajstić information content (AvgIpc) is 2.36. The van der Waals surface area contributed by atoms with Crippen molar-refractivity contribution >= 4 is 18.0 Å². The molecule has 2 N–H and O–H groups in total. The van der Waals surface area contributed by atoms with E-state index in [1.54, 1.807) is 6.08 Å². The number of nitrogens with one attached hydrogen (secondary N) is 1. The Morgan fingerprint density at radius 2 is 1.89 bits per heavy atom. The Labute approximate surface area is 106 Å². The van der Waals surface area contributed by atoms with Crippen molar-refractivity contribution in [1.82, 2.24) is 5.32 Å². The van der Waals surface area contributed by atoms with E-state index in [0.717, 1.165) is 11.1 Å². The first-order chi connectivity index (χ1) is 8.61. The van der Waals surface area contributed by atoms with Crippen LogP contribution in [0, 0.1) is 0 Å². The van der Waals surface area contributed by atoms with E-state index >= 15 is 0 Å². The van der Waals surface area contributed by atoms with Crippen molar-refractivity contribution in [1.29, 1.82) is 0 Å². The number of carbonyl (C=O) groups excluding carboxylic acids is 1. The lowest BCUT2D eigenvalue weighted by atomic mass is 10.1. The number of aliphatic carboxylic acids is 1. The molecular formula is C14H17NO3. The highest BCUT2D eigenvalue weighted by molar-refractivity contribution is 5.76. The number of carboxylic acids is 1. The molecule has 0 saturated carbocycles. The largest absolute Gasteiger partial charge is 0.481 e. The first kappa shape index (κ1) is 14.0. The van der Waals surface area contributed by atoms with Gasteiger partial charge in [0.1, 0.15) is 0 Å². The molecule has 18 heavy (non-hydrogen) atoms. The monoisotopic (exact) mass is 247 g/mol. The van der Waals surface area contributed by atoms with Crippen molar-refractivity contribution in [2.75, 3.05) is 0 Å². The summed E-state index contributed by atoms with van der Waals surface area (Å²) in [7, 11) is 0. The van der Waals surface area contributed by atoms with E-state index in [2.05, 4.69) is 11.9 Å². The molecule has 0 fully saturated rings. The van der Waals surface area contributed by atoms with Crippen molar-refractivity contribution in [3.63, 3.8) is 0 Å². The Bertz CT molecular complexity index is 423. The highest BCUT2D eigenvalue weighted by Gasteiger charge is 2.03. The van der Waals surface area contributed by atoms with Crippen LogP contribution in [0.5, 0.6) is 0 Å². The normalized spacial score (nSPS) is 9.78. The zero-order chi connectivity index (χ0) is 13.4. The van der Waals surface area contributed by atoms with Crippen LogP contribution in [0.2, 0.25) is 0 Å². The first-order valence-corrected chi connectivity index (χ1v) is 5.81. The number of benzene rings is 1. The van der Waals surface area contributed by atoms with Crippen LogP contribution in [0.15, 0.2) is 30.8 Å². The maximum atomic E-state index is 11.4. The minimum atomic E-state index is -0.872. The van der Waals surface area contributed by atoms with E-state index in [1.165, 1.54) is 0 Å². The van der Waals surface area contributed by atoms with Crippen LogP contribution < -0.4 is 5.32 Å². The summed E-state index contributed by atoms with van der Waals surface area (Å²) in [5.74, 6) is -0.994. The van der Waals surface area contributed by atoms with Gasteiger partial charge in [-0.1, -0.05) is 36.9 Å². The van der Waals surface area contributed by atoms with Crippen LogP contribution >= 0.6 is 0 Å². The SMILES string of the molecule is C=Cc1ccc(CNC(=O)CCCC(=O)O)cc1. The van der Waals surface area contributed by atoms with Gasteiger partial charge in [0.25, 0.3) is 0 Å². The molecule has 1 aromatic rings. The molecule has 0 unspecified atom stereocenters. The summed E-state index contributed by atoms with van der Waals surface area (Å²) in [6, 6.07) is 7.71. The van der Waals surface area contributed by atoms with E-state index in [0.29, 0.717) is 13.0 Å². The maximum Gasteiger partial charge on any atom is 0.303 e. The van der Waals surface area contributed by atoms with E-state index in [1.807, 2.05) is 24.3 Å². The minimum Gasteiger partial charge on any atom is -0.481 e. The molecule has 0 atom stereocenters. The summed E-state index contributed by atoms with van der Waals surface area (Å²) < 4.78 is 0. The Morgan fingerprint density at radius 3 is 2.44 bits per heavy atom. The third-order valence-electron chi connectivity index (χ3n) is 2.50. The standard InChI is InChI=1S/C14H17NO3/c1-2-11-6-8-12(9-7-11)10-15-13(16)4-3-5-14(17)18/h2,6-9H,1,3-5,10H2,(H,15,16)(H,17,18). The highest BCUT2D eigenvalue weighted by Crippen LogP contribution is 2.05. The summed E-state index contributed by atoms with van der Waals surface area (Å²) in [6.45, 7) is 4.13. The topological polar surface area (TPSA) is 66.4 Å². The summed E-state index contributed by atoms with van der Waals surface area (Å²) in [4.78, 5) is 21.7. The van der Waals surface area contributed by atoms with Crippen LogP contribution in [0.1, 0.15) is 30.4 Å². The molecule has 0 radical (unpaired) electrons. The lowest BCUT2D eigenvalue weighted by Gasteiger charge is -2.05. The molecule has 0 saturated heterocycles. The van der Waals surface area contributed by atoms with E-state index in [9.17, 15) is 9.59 Å². The van der Waals surface area contributed by atoms with Gasteiger partial charge in [0.15, 0.2) is 0 Å². The smallest absolute Gasteiger partial charge is 0.303 e. The molecule has 0 heterocycles. The molecule has 0 aliphatic heterocycles. The third-order valence-corrected chi connectivity index (χ3v) is 2.50. The van der Waals surface area contributed by atoms with Gasteiger partial charge in [-0.15, -0.1) is 0 Å². The molecule has 0 aliphatic rings. The fourth-order valence-corrected chi connectivity index (χ4v) is 1.46. The van der Waals surface area contributed by atoms with Gasteiger partial charge in [-0.3, -0.25) is 9.59 Å². The van der Waals surface area contributed by atoms with Crippen molar-refractivity contribution in [3.8, 4) is 0 Å². The summed E-state index contributed by atoms with van der Waals surface area (Å²) in [6.07, 6.45) is 2.41. The number of hydrogen-bond donors (Lipinski definition) is 2. The second-order valence-electron chi connectivity index (χ2n) is 3.97. The van der Waals surface area contributed by atoms with Gasteiger partial charge in [0, 0.05) is 19.4 Å². The first-order valence-electron chi connectivity index (χ1n) is 5.81. The quantitative estimate of drug-likeness (QED) is 0.776. The van der Waals surface area contributed by atoms with Crippen molar-refractivity contribution in [3.05, 3.63) is 42.0 Å². The lowest BCUT2D eigenvalue weighted by Crippen LogP contribution is -2.22. The second-order valence-corrected chi connectivity index (χ2v) is 3.97. The Balaban J connectivity index is 2.28. The van der Waals surface area contributed by atoms with E-state index in [4.69, 9.17) is 5.11 Å². The lowest BCUT2D eigenvalue weighted by molar-refractivity contribution is -0.137. The maximum absolute atomic E-state index is 11.4. The van der Waals surface area contributed by atoms with Crippen LogP contribution in [-0.4, -0.2) is 17.0 Å². The van der Waals surface area contributed by atoms with Crippen LogP contribution in [0.25, 0.3) is 6.08 Å². The van der Waals surface area contributed by atoms with Gasteiger partial charge < -0.3 is 10.4 Å². The number of hydrogen-bond acceptors (Lipinski definition) is 2. The average molecular weight is 247 g/mol. The summed E-state index contributed by atoms with van der Waals surface area (Å²) >= 11 is 0. The molecule has 0 spiro atoms. The Hall–Kier alpha value is -2.10. The van der Waals surface area contributed by atoms with Crippen molar-refractivity contribution in [2.24, 2.45) is 0 Å². The Kier molecular flexibility index (Phi) is 5.64. The van der Waals surface area contributed by atoms with Crippen LogP contribution in [-0.2, 0) is 16.1 Å². The zero-order valence-electron chi connectivity index (χ0n) is 10.2. The van der Waals surface area contributed by atoms with E-state index in [-0.39, 0.29) is 18.7 Å². The van der Waals surface area contributed by atoms with Crippen LogP contribution in [0.4, 0.5) is 0 Å². The molecule has 4 nitrogen and oxygen atoms in total. The predicted molar refractivity (Wildman–Crippen MR) is 69.9 cm³/mol. The molecule has 4 heteroatoms. The fraction of sp³-hybridized carbons (Fsp3) is 0.286. The minimum absolute atomic E-state index is 0.0292. The predicted octanol–water partition coefficient (Wildman–Crippen LogP) is 2.20. The molecule has 1 rings (SSSR count). The number of amides is 1. The molecule has 0 aromatic heterocycles. The number of rotatable bonds is 7. The van der Waals surface area contributed by atoms with E-state index < -0.39 is 5.97 Å². The van der Waals surface area contributed by atoms with Crippen molar-refractivity contribution < 1.29 is 14.7 Å². The molecule has 1 amide bonds. The third kappa shape index (κ3) is 5.30. The van der Waals surface area contributed by atoms with Gasteiger partial charge in [-0.05, 0) is 17.5 Å². The number of carboxylic acid groups (broad SMARTS) is 1.